The smallest absolute Gasteiger partial charge is 0.272 e. The van der Waals surface area contributed by atoms with Crippen LogP contribution in [0.5, 0.6) is 0 Å². The summed E-state index contributed by atoms with van der Waals surface area (Å²) in [7, 11) is 0. The van der Waals surface area contributed by atoms with Gasteiger partial charge in [0.1, 0.15) is 23.7 Å². The van der Waals surface area contributed by atoms with Crippen molar-refractivity contribution in [1.29, 1.82) is 0 Å². The molecule has 1 aliphatic heterocycles. The Bertz CT molecular complexity index is 863. The second-order valence-corrected chi connectivity index (χ2v) is 6.08. The summed E-state index contributed by atoms with van der Waals surface area (Å²) in [5.74, 6) is 0.372. The van der Waals surface area contributed by atoms with Gasteiger partial charge in [0.05, 0.1) is 24.1 Å². The lowest BCUT2D eigenvalue weighted by Crippen LogP contribution is -2.31. The lowest BCUT2D eigenvalue weighted by molar-refractivity contribution is -0.0191. The summed E-state index contributed by atoms with van der Waals surface area (Å²) < 4.78 is 36.8. The highest BCUT2D eigenvalue weighted by Gasteiger charge is 2.30. The number of imidazole rings is 1. The van der Waals surface area contributed by atoms with E-state index in [2.05, 4.69) is 11.6 Å². The first kappa shape index (κ1) is 19.0. The molecule has 0 saturated carbocycles. The number of carbonyl (C=O) groups is 1. The number of alkyl halides is 2. The molecule has 144 valence electrons. The van der Waals surface area contributed by atoms with Crippen LogP contribution in [0, 0.1) is 0 Å². The number of carbonyl (C=O) groups excluding carboxylic acids is 1. The predicted molar refractivity (Wildman–Crippen MR) is 96.4 cm³/mol. The molecule has 0 spiro atoms. The Morgan fingerprint density at radius 3 is 3.04 bits per heavy atom. The van der Waals surface area contributed by atoms with E-state index in [4.69, 9.17) is 9.47 Å². The third kappa shape index (κ3) is 4.00. The van der Waals surface area contributed by atoms with Crippen LogP contribution >= 0.6 is 0 Å². The number of likely N-dealkylation sites (tertiary alicyclic amines) is 1. The van der Waals surface area contributed by atoms with Gasteiger partial charge in [-0.3, -0.25) is 9.20 Å². The van der Waals surface area contributed by atoms with Crippen molar-refractivity contribution in [3.8, 4) is 0 Å². The SMILES string of the molecule is C=CO/C(=C\C)c1cccn2c(C(=O)N3CCC(OCC(F)F)C3)cnc12. The van der Waals surface area contributed by atoms with E-state index in [-0.39, 0.29) is 18.6 Å². The maximum Gasteiger partial charge on any atom is 0.272 e. The van der Waals surface area contributed by atoms with E-state index in [1.165, 1.54) is 12.5 Å². The first-order valence-corrected chi connectivity index (χ1v) is 8.64. The van der Waals surface area contributed by atoms with Gasteiger partial charge in [0.25, 0.3) is 12.3 Å². The molecule has 0 aliphatic carbocycles. The third-order valence-electron chi connectivity index (χ3n) is 4.38. The van der Waals surface area contributed by atoms with Crippen molar-refractivity contribution in [2.24, 2.45) is 0 Å². The molecule has 3 heterocycles. The quantitative estimate of drug-likeness (QED) is 0.695. The molecule has 1 amide bonds. The topological polar surface area (TPSA) is 56.1 Å². The van der Waals surface area contributed by atoms with Gasteiger partial charge in [-0.2, -0.15) is 0 Å². The Morgan fingerprint density at radius 1 is 1.52 bits per heavy atom. The van der Waals surface area contributed by atoms with Crippen molar-refractivity contribution >= 4 is 17.3 Å². The number of allylic oxidation sites excluding steroid dienone is 1. The molecule has 0 radical (unpaired) electrons. The Kier molecular flexibility index (Phi) is 5.85. The number of amides is 1. The van der Waals surface area contributed by atoms with Gasteiger partial charge >= 0.3 is 0 Å². The Morgan fingerprint density at radius 2 is 2.33 bits per heavy atom. The Balaban J connectivity index is 1.82. The standard InChI is InChI=1S/C19H21F2N3O3/c1-3-16(26-4-2)14-6-5-8-24-15(10-22-18(14)24)19(25)23-9-7-13(11-23)27-12-17(20)21/h3-6,8,10,13,17H,2,7,9,11-12H2,1H3/b16-3-. The van der Waals surface area contributed by atoms with Crippen LogP contribution in [0.1, 0.15) is 29.4 Å². The first-order chi connectivity index (χ1) is 13.0. The third-order valence-corrected chi connectivity index (χ3v) is 4.38. The van der Waals surface area contributed by atoms with Gasteiger partial charge in [0.2, 0.25) is 0 Å². The lowest BCUT2D eigenvalue weighted by Gasteiger charge is -2.16. The largest absolute Gasteiger partial charge is 0.465 e. The monoisotopic (exact) mass is 377 g/mol. The summed E-state index contributed by atoms with van der Waals surface area (Å²) in [6, 6.07) is 3.65. The summed E-state index contributed by atoms with van der Waals surface area (Å²) in [6.07, 6.45) is 4.04. The van der Waals surface area contributed by atoms with Crippen LogP contribution in [-0.4, -0.2) is 52.4 Å². The molecule has 3 rings (SSSR count). The van der Waals surface area contributed by atoms with Crippen molar-refractivity contribution in [2.45, 2.75) is 25.9 Å². The van der Waals surface area contributed by atoms with E-state index in [0.29, 0.717) is 30.1 Å². The molecule has 0 bridgehead atoms. The zero-order valence-corrected chi connectivity index (χ0v) is 15.0. The molecule has 8 heteroatoms. The summed E-state index contributed by atoms with van der Waals surface area (Å²) in [5.41, 5.74) is 1.72. The highest BCUT2D eigenvalue weighted by molar-refractivity contribution is 5.94. The minimum absolute atomic E-state index is 0.213. The van der Waals surface area contributed by atoms with E-state index < -0.39 is 13.0 Å². The van der Waals surface area contributed by atoms with Crippen LogP contribution in [0.15, 0.2) is 43.4 Å². The van der Waals surface area contributed by atoms with Crippen molar-refractivity contribution in [3.63, 3.8) is 0 Å². The maximum atomic E-state index is 12.9. The van der Waals surface area contributed by atoms with Crippen LogP contribution in [-0.2, 0) is 9.47 Å². The van der Waals surface area contributed by atoms with Gasteiger partial charge in [-0.25, -0.2) is 13.8 Å². The second kappa shape index (κ2) is 8.30. The minimum Gasteiger partial charge on any atom is -0.465 e. The van der Waals surface area contributed by atoms with Crippen molar-refractivity contribution in [3.05, 3.63) is 54.7 Å². The molecule has 2 aromatic heterocycles. The number of aromatic nitrogens is 2. The van der Waals surface area contributed by atoms with Gasteiger partial charge in [0, 0.05) is 19.3 Å². The number of hydrogen-bond donors (Lipinski definition) is 0. The molecular weight excluding hydrogens is 356 g/mol. The normalized spacial score (nSPS) is 17.7. The number of halogens is 2. The molecule has 27 heavy (non-hydrogen) atoms. The summed E-state index contributed by atoms with van der Waals surface area (Å²) >= 11 is 0. The van der Waals surface area contributed by atoms with Crippen molar-refractivity contribution in [2.75, 3.05) is 19.7 Å². The first-order valence-electron chi connectivity index (χ1n) is 8.64. The molecule has 2 aromatic rings. The number of rotatable bonds is 7. The number of hydrogen-bond acceptors (Lipinski definition) is 4. The molecule has 0 N–H and O–H groups in total. The fraction of sp³-hybridized carbons (Fsp3) is 0.368. The summed E-state index contributed by atoms with van der Waals surface area (Å²) in [5, 5.41) is 0. The average Bonchev–Trinajstić information content (AvgIpc) is 3.31. The molecular formula is C19H21F2N3O3. The zero-order chi connectivity index (χ0) is 19.4. The highest BCUT2D eigenvalue weighted by atomic mass is 19.3. The van der Waals surface area contributed by atoms with Gasteiger partial charge in [0.15, 0.2) is 0 Å². The Labute approximate surface area is 155 Å². The molecule has 1 unspecified atom stereocenters. The van der Waals surface area contributed by atoms with Crippen LogP contribution < -0.4 is 0 Å². The van der Waals surface area contributed by atoms with Gasteiger partial charge in [-0.15, -0.1) is 0 Å². The average molecular weight is 377 g/mol. The van der Waals surface area contributed by atoms with E-state index >= 15 is 0 Å². The van der Waals surface area contributed by atoms with E-state index in [9.17, 15) is 13.6 Å². The maximum absolute atomic E-state index is 12.9. The van der Waals surface area contributed by atoms with Gasteiger partial charge in [-0.05, 0) is 31.6 Å². The van der Waals surface area contributed by atoms with E-state index in [0.717, 1.165) is 5.56 Å². The fourth-order valence-corrected chi connectivity index (χ4v) is 3.16. The number of pyridine rings is 1. The Hall–Kier alpha value is -2.74. The minimum atomic E-state index is -2.51. The van der Waals surface area contributed by atoms with Crippen molar-refractivity contribution in [1.82, 2.24) is 14.3 Å². The molecule has 1 atom stereocenters. The number of nitrogens with zero attached hydrogens (tertiary/aromatic N) is 3. The van der Waals surface area contributed by atoms with Crippen molar-refractivity contribution < 1.29 is 23.0 Å². The second-order valence-electron chi connectivity index (χ2n) is 6.08. The molecule has 0 aromatic carbocycles. The zero-order valence-electron chi connectivity index (χ0n) is 15.0. The molecule has 1 aliphatic rings. The van der Waals surface area contributed by atoms with E-state index in [1.54, 1.807) is 27.6 Å². The highest BCUT2D eigenvalue weighted by Crippen LogP contribution is 2.23. The van der Waals surface area contributed by atoms with Gasteiger partial charge in [-0.1, -0.05) is 6.58 Å². The summed E-state index contributed by atoms with van der Waals surface area (Å²) in [6.45, 7) is 5.53. The van der Waals surface area contributed by atoms with Crippen LogP contribution in [0.4, 0.5) is 8.78 Å². The fourth-order valence-electron chi connectivity index (χ4n) is 3.16. The van der Waals surface area contributed by atoms with Gasteiger partial charge < -0.3 is 14.4 Å². The van der Waals surface area contributed by atoms with Crippen LogP contribution in [0.3, 0.4) is 0 Å². The molecule has 6 nitrogen and oxygen atoms in total. The molecule has 1 saturated heterocycles. The molecule has 1 fully saturated rings. The van der Waals surface area contributed by atoms with Crippen LogP contribution in [0.25, 0.3) is 11.4 Å². The lowest BCUT2D eigenvalue weighted by atomic mass is 10.2. The predicted octanol–water partition coefficient (Wildman–Crippen LogP) is 3.35. The van der Waals surface area contributed by atoms with E-state index in [1.807, 2.05) is 13.0 Å². The number of ether oxygens (including phenoxy) is 2. The number of fused-ring (bicyclic) bond motifs is 1. The van der Waals surface area contributed by atoms with Crippen LogP contribution in [0.2, 0.25) is 0 Å². The summed E-state index contributed by atoms with van der Waals surface area (Å²) in [4.78, 5) is 18.9.